The quantitative estimate of drug-likeness (QED) is 0.805. The molecule has 4 heteroatoms. The predicted octanol–water partition coefficient (Wildman–Crippen LogP) is 2.87. The summed E-state index contributed by atoms with van der Waals surface area (Å²) >= 11 is 3.95. The topological polar surface area (TPSA) is 38.3 Å². The third-order valence-electron chi connectivity index (χ3n) is 5.27. The lowest BCUT2D eigenvalue weighted by atomic mass is 9.49. The summed E-state index contributed by atoms with van der Waals surface area (Å²) in [5, 5.41) is 3.17. The first-order valence-corrected chi connectivity index (χ1v) is 8.23. The number of nitrogens with one attached hydrogen (secondary N) is 1. The molecule has 4 aliphatic rings. The lowest BCUT2D eigenvalue weighted by Crippen LogP contribution is -2.59. The van der Waals surface area contributed by atoms with Crippen LogP contribution in [0.1, 0.15) is 45.4 Å². The zero-order valence-corrected chi connectivity index (χ0v) is 13.5. The Kier molecular flexibility index (Phi) is 3.45. The van der Waals surface area contributed by atoms with Crippen molar-refractivity contribution in [3.05, 3.63) is 0 Å². The van der Waals surface area contributed by atoms with Crippen LogP contribution in [0.5, 0.6) is 0 Å². The van der Waals surface area contributed by atoms with Crippen LogP contribution in [0.15, 0.2) is 0 Å². The highest BCUT2D eigenvalue weighted by Crippen LogP contribution is 2.64. The molecule has 4 bridgehead atoms. The highest BCUT2D eigenvalue weighted by atomic mass is 79.9. The van der Waals surface area contributed by atoms with Gasteiger partial charge in [0.15, 0.2) is 0 Å². The van der Waals surface area contributed by atoms with E-state index >= 15 is 0 Å². The Hall–Kier alpha value is -0.0900. The minimum atomic E-state index is -0.102. The molecule has 4 fully saturated rings. The van der Waals surface area contributed by atoms with Gasteiger partial charge in [-0.25, -0.2) is 0 Å². The van der Waals surface area contributed by atoms with Crippen molar-refractivity contribution >= 4 is 21.8 Å². The van der Waals surface area contributed by atoms with Gasteiger partial charge in [-0.3, -0.25) is 4.79 Å². The number of methoxy groups -OCH3 is 1. The fourth-order valence-electron chi connectivity index (χ4n) is 5.08. The van der Waals surface area contributed by atoms with E-state index in [0.717, 1.165) is 31.1 Å². The van der Waals surface area contributed by atoms with Crippen molar-refractivity contribution in [3.63, 3.8) is 0 Å². The third-order valence-corrected chi connectivity index (χ3v) is 6.19. The molecule has 3 atom stereocenters. The van der Waals surface area contributed by atoms with E-state index in [-0.39, 0.29) is 21.7 Å². The molecule has 1 N–H and O–H groups in total. The van der Waals surface area contributed by atoms with E-state index in [9.17, 15) is 4.79 Å². The maximum atomic E-state index is 12.7. The number of alkyl halides is 1. The first-order valence-electron chi connectivity index (χ1n) is 7.44. The van der Waals surface area contributed by atoms with Gasteiger partial charge in [-0.2, -0.15) is 0 Å². The van der Waals surface area contributed by atoms with Crippen LogP contribution in [0, 0.1) is 17.3 Å². The Bertz CT molecular complexity index is 370. The van der Waals surface area contributed by atoms with Gasteiger partial charge in [0.05, 0.1) is 12.0 Å². The summed E-state index contributed by atoms with van der Waals surface area (Å²) in [5.41, 5.74) is -0.102. The highest BCUT2D eigenvalue weighted by Gasteiger charge is 2.59. The summed E-state index contributed by atoms with van der Waals surface area (Å²) in [7, 11) is 1.68. The SMILES string of the molecule is COCC(C)NC(=O)C12CC3CC(CC(Br)(C3)C1)C2. The Labute approximate surface area is 124 Å². The maximum Gasteiger partial charge on any atom is 0.226 e. The second-order valence-electron chi connectivity index (χ2n) is 7.22. The fraction of sp³-hybridized carbons (Fsp3) is 0.933. The molecule has 0 aliphatic heterocycles. The summed E-state index contributed by atoms with van der Waals surface area (Å²) in [4.78, 5) is 12.7. The molecule has 0 spiro atoms. The Balaban J connectivity index is 1.74. The van der Waals surface area contributed by atoms with Crippen LogP contribution in [0.2, 0.25) is 0 Å². The van der Waals surface area contributed by atoms with E-state index in [0.29, 0.717) is 6.61 Å². The van der Waals surface area contributed by atoms with Gasteiger partial charge in [0.25, 0.3) is 0 Å². The van der Waals surface area contributed by atoms with Crippen molar-refractivity contribution < 1.29 is 9.53 Å². The van der Waals surface area contributed by atoms with Gasteiger partial charge >= 0.3 is 0 Å². The molecule has 3 nitrogen and oxygen atoms in total. The Morgan fingerprint density at radius 3 is 2.53 bits per heavy atom. The molecule has 0 aromatic carbocycles. The Morgan fingerprint density at radius 2 is 2.00 bits per heavy atom. The second kappa shape index (κ2) is 4.73. The number of amides is 1. The molecule has 19 heavy (non-hydrogen) atoms. The standard InChI is InChI=1S/C15H24BrNO2/c1-10(8-19-2)17-13(18)14-4-11-3-12(5-14)7-15(16,6-11)9-14/h10-12H,3-9H2,1-2H3,(H,17,18). The van der Waals surface area contributed by atoms with Gasteiger partial charge in [-0.15, -0.1) is 0 Å². The van der Waals surface area contributed by atoms with Gasteiger partial charge in [0.1, 0.15) is 0 Å². The van der Waals surface area contributed by atoms with Crippen LogP contribution in [0.4, 0.5) is 0 Å². The average molecular weight is 330 g/mol. The normalized spacial score (nSPS) is 45.2. The van der Waals surface area contributed by atoms with Crippen molar-refractivity contribution in [2.75, 3.05) is 13.7 Å². The zero-order valence-electron chi connectivity index (χ0n) is 11.9. The van der Waals surface area contributed by atoms with Gasteiger partial charge in [0.2, 0.25) is 5.91 Å². The molecule has 4 rings (SSSR count). The van der Waals surface area contributed by atoms with E-state index in [2.05, 4.69) is 21.2 Å². The lowest BCUT2D eigenvalue weighted by molar-refractivity contribution is -0.145. The van der Waals surface area contributed by atoms with Crippen molar-refractivity contribution in [2.45, 2.75) is 55.8 Å². The number of carbonyl (C=O) groups is 1. The molecule has 0 heterocycles. The van der Waals surface area contributed by atoms with Crippen molar-refractivity contribution in [1.82, 2.24) is 5.32 Å². The van der Waals surface area contributed by atoms with Crippen LogP contribution in [0.3, 0.4) is 0 Å². The van der Waals surface area contributed by atoms with Crippen LogP contribution >= 0.6 is 15.9 Å². The van der Waals surface area contributed by atoms with E-state index in [1.807, 2.05) is 6.92 Å². The number of halogens is 1. The first kappa shape index (κ1) is 13.9. The molecular formula is C15H24BrNO2. The molecular weight excluding hydrogens is 306 g/mol. The summed E-state index contributed by atoms with van der Waals surface area (Å²) < 4.78 is 5.37. The molecule has 108 valence electrons. The highest BCUT2D eigenvalue weighted by molar-refractivity contribution is 9.10. The van der Waals surface area contributed by atoms with Gasteiger partial charge in [-0.05, 0) is 57.3 Å². The summed E-state index contributed by atoms with van der Waals surface area (Å²) in [6, 6.07) is 0.108. The minimum Gasteiger partial charge on any atom is -0.383 e. The first-order chi connectivity index (χ1) is 8.95. The van der Waals surface area contributed by atoms with E-state index in [1.54, 1.807) is 7.11 Å². The smallest absolute Gasteiger partial charge is 0.226 e. The van der Waals surface area contributed by atoms with E-state index in [1.165, 1.54) is 19.3 Å². The van der Waals surface area contributed by atoms with Crippen molar-refractivity contribution in [2.24, 2.45) is 17.3 Å². The van der Waals surface area contributed by atoms with E-state index in [4.69, 9.17) is 4.74 Å². The predicted molar refractivity (Wildman–Crippen MR) is 78.3 cm³/mol. The number of ether oxygens (including phenoxy) is 1. The summed E-state index contributed by atoms with van der Waals surface area (Å²) in [6.07, 6.45) is 7.11. The molecule has 0 aromatic heterocycles. The monoisotopic (exact) mass is 329 g/mol. The van der Waals surface area contributed by atoms with Gasteiger partial charge in [0, 0.05) is 17.5 Å². The minimum absolute atomic E-state index is 0.102. The number of hydrogen-bond donors (Lipinski definition) is 1. The molecule has 1 amide bonds. The second-order valence-corrected chi connectivity index (χ2v) is 8.90. The van der Waals surface area contributed by atoms with Crippen molar-refractivity contribution in [1.29, 1.82) is 0 Å². The number of carbonyl (C=O) groups excluding carboxylic acids is 1. The van der Waals surface area contributed by atoms with Crippen LogP contribution in [0.25, 0.3) is 0 Å². The lowest BCUT2D eigenvalue weighted by Gasteiger charge is -2.59. The van der Waals surface area contributed by atoms with Gasteiger partial charge in [-0.1, -0.05) is 15.9 Å². The van der Waals surface area contributed by atoms with Gasteiger partial charge < -0.3 is 10.1 Å². The average Bonchev–Trinajstić information content (AvgIpc) is 2.25. The molecule has 0 saturated heterocycles. The van der Waals surface area contributed by atoms with Crippen LogP contribution in [-0.2, 0) is 9.53 Å². The molecule has 4 aliphatic carbocycles. The molecule has 3 unspecified atom stereocenters. The number of rotatable bonds is 4. The molecule has 4 saturated carbocycles. The van der Waals surface area contributed by atoms with E-state index < -0.39 is 0 Å². The molecule has 0 aromatic rings. The summed E-state index contributed by atoms with van der Waals surface area (Å²) in [5.74, 6) is 1.78. The summed E-state index contributed by atoms with van der Waals surface area (Å²) in [6.45, 7) is 2.61. The fourth-order valence-corrected chi connectivity index (χ4v) is 6.54. The van der Waals surface area contributed by atoms with Crippen molar-refractivity contribution in [3.8, 4) is 0 Å². The maximum absolute atomic E-state index is 12.7. The number of hydrogen-bond acceptors (Lipinski definition) is 2. The largest absolute Gasteiger partial charge is 0.383 e. The molecule has 0 radical (unpaired) electrons. The van der Waals surface area contributed by atoms with Crippen LogP contribution < -0.4 is 5.32 Å². The van der Waals surface area contributed by atoms with Crippen LogP contribution in [-0.4, -0.2) is 30.0 Å². The Morgan fingerprint density at radius 1 is 1.37 bits per heavy atom. The third kappa shape index (κ3) is 2.46. The zero-order chi connectivity index (χ0) is 13.7.